The van der Waals surface area contributed by atoms with E-state index in [9.17, 15) is 9.59 Å². The molecule has 5 aromatic rings. The summed E-state index contributed by atoms with van der Waals surface area (Å²) in [6.07, 6.45) is 0. The van der Waals surface area contributed by atoms with Gasteiger partial charge in [0.1, 0.15) is 17.2 Å². The van der Waals surface area contributed by atoms with Crippen LogP contribution in [0.2, 0.25) is 0 Å². The molecule has 0 aromatic heterocycles. The smallest absolute Gasteiger partial charge is 0.193 e. The Balaban J connectivity index is 1.23. The molecule has 0 aliphatic rings. The second kappa shape index (κ2) is 11.0. The summed E-state index contributed by atoms with van der Waals surface area (Å²) in [5.41, 5.74) is 5.51. The van der Waals surface area contributed by atoms with Crippen LogP contribution in [0.4, 0.5) is 0 Å². The van der Waals surface area contributed by atoms with E-state index in [4.69, 9.17) is 9.47 Å². The Kier molecular flexibility index (Phi) is 7.14. The van der Waals surface area contributed by atoms with Crippen molar-refractivity contribution in [1.82, 2.24) is 0 Å². The molecular weight excluding hydrogens is 472 g/mol. The average molecular weight is 499 g/mol. The highest BCUT2D eigenvalue weighted by Gasteiger charge is 2.13. The number of rotatable bonds is 8. The van der Waals surface area contributed by atoms with E-state index in [1.54, 1.807) is 55.6 Å². The van der Waals surface area contributed by atoms with Gasteiger partial charge >= 0.3 is 0 Å². The number of methoxy groups -OCH3 is 1. The van der Waals surface area contributed by atoms with Crippen LogP contribution in [0.15, 0.2) is 121 Å². The maximum absolute atomic E-state index is 13.0. The van der Waals surface area contributed by atoms with E-state index in [1.165, 1.54) is 0 Å². The molecule has 0 fully saturated rings. The summed E-state index contributed by atoms with van der Waals surface area (Å²) >= 11 is 0. The van der Waals surface area contributed by atoms with E-state index >= 15 is 0 Å². The van der Waals surface area contributed by atoms with E-state index in [2.05, 4.69) is 0 Å². The van der Waals surface area contributed by atoms with Crippen molar-refractivity contribution in [3.05, 3.63) is 149 Å². The first-order valence-electron chi connectivity index (χ1n) is 12.3. The molecule has 0 N–H and O–H groups in total. The second-order valence-corrected chi connectivity index (χ2v) is 8.98. The van der Waals surface area contributed by atoms with Crippen molar-refractivity contribution in [2.45, 2.75) is 6.92 Å². The third-order valence-electron chi connectivity index (χ3n) is 6.35. The van der Waals surface area contributed by atoms with E-state index in [1.807, 2.05) is 79.7 Å². The molecule has 5 aromatic carbocycles. The highest BCUT2D eigenvalue weighted by molar-refractivity contribution is 6.11. The van der Waals surface area contributed by atoms with Crippen molar-refractivity contribution in [3.63, 3.8) is 0 Å². The molecule has 0 spiro atoms. The van der Waals surface area contributed by atoms with Gasteiger partial charge in [0.25, 0.3) is 0 Å². The third kappa shape index (κ3) is 5.55. The minimum Gasteiger partial charge on any atom is -0.497 e. The summed E-state index contributed by atoms with van der Waals surface area (Å²) < 4.78 is 11.2. The maximum Gasteiger partial charge on any atom is 0.193 e. The van der Waals surface area contributed by atoms with Crippen molar-refractivity contribution in [1.29, 1.82) is 0 Å². The monoisotopic (exact) mass is 498 g/mol. The number of hydrogen-bond donors (Lipinski definition) is 0. The Morgan fingerprint density at radius 1 is 0.447 bits per heavy atom. The maximum atomic E-state index is 13.0. The summed E-state index contributed by atoms with van der Waals surface area (Å²) in [4.78, 5) is 25.7. The lowest BCUT2D eigenvalue weighted by Crippen LogP contribution is -2.04. The lowest BCUT2D eigenvalue weighted by molar-refractivity contribution is 0.102. The minimum absolute atomic E-state index is 0.0671. The highest BCUT2D eigenvalue weighted by atomic mass is 16.5. The molecule has 0 unspecified atom stereocenters. The molecule has 4 heteroatoms. The van der Waals surface area contributed by atoms with Gasteiger partial charge in [-0.3, -0.25) is 9.59 Å². The molecule has 0 aliphatic heterocycles. The van der Waals surface area contributed by atoms with E-state index in [0.29, 0.717) is 33.8 Å². The number of benzene rings is 5. The van der Waals surface area contributed by atoms with E-state index < -0.39 is 0 Å². The lowest BCUT2D eigenvalue weighted by atomic mass is 9.98. The van der Waals surface area contributed by atoms with Gasteiger partial charge in [-0.05, 0) is 66.6 Å². The summed E-state index contributed by atoms with van der Waals surface area (Å²) in [5, 5.41) is 0. The third-order valence-corrected chi connectivity index (χ3v) is 6.35. The van der Waals surface area contributed by atoms with Crippen LogP contribution in [-0.2, 0) is 0 Å². The lowest BCUT2D eigenvalue weighted by Gasteiger charge is -2.09. The SMILES string of the molecule is COc1ccc(-c2ccc(Oc3ccc(C(=O)c4ccc(C(=O)c5ccc(C)cc5)cc4)cc3)cc2)cc1. The fourth-order valence-corrected chi connectivity index (χ4v) is 4.12. The van der Waals surface area contributed by atoms with Crippen LogP contribution in [-0.4, -0.2) is 18.7 Å². The zero-order valence-electron chi connectivity index (χ0n) is 21.2. The van der Waals surface area contributed by atoms with Gasteiger partial charge in [-0.15, -0.1) is 0 Å². The van der Waals surface area contributed by atoms with Crippen LogP contribution in [0.25, 0.3) is 11.1 Å². The van der Waals surface area contributed by atoms with Gasteiger partial charge < -0.3 is 9.47 Å². The number of aryl methyl sites for hydroxylation is 1. The Hall–Kier alpha value is -4.96. The number of carbonyl (C=O) groups excluding carboxylic acids is 2. The van der Waals surface area contributed by atoms with Crippen LogP contribution in [0.5, 0.6) is 17.2 Å². The summed E-state index contributed by atoms with van der Waals surface area (Å²) in [6.45, 7) is 1.98. The van der Waals surface area contributed by atoms with Crippen molar-refractivity contribution in [2.75, 3.05) is 7.11 Å². The van der Waals surface area contributed by atoms with Crippen LogP contribution in [0.3, 0.4) is 0 Å². The van der Waals surface area contributed by atoms with Crippen LogP contribution < -0.4 is 9.47 Å². The predicted molar refractivity (Wildman–Crippen MR) is 149 cm³/mol. The van der Waals surface area contributed by atoms with E-state index in [-0.39, 0.29) is 11.6 Å². The second-order valence-electron chi connectivity index (χ2n) is 8.98. The molecule has 0 atom stereocenters. The summed E-state index contributed by atoms with van der Waals surface area (Å²) in [7, 11) is 1.65. The number of ketones is 2. The molecule has 38 heavy (non-hydrogen) atoms. The first kappa shape index (κ1) is 24.7. The largest absolute Gasteiger partial charge is 0.497 e. The summed E-state index contributed by atoms with van der Waals surface area (Å²) in [5.74, 6) is 1.98. The van der Waals surface area contributed by atoms with Gasteiger partial charge in [-0.1, -0.05) is 78.4 Å². The van der Waals surface area contributed by atoms with Crippen LogP contribution >= 0.6 is 0 Å². The Morgan fingerprint density at radius 3 is 1.16 bits per heavy atom. The molecule has 0 saturated heterocycles. The standard InChI is InChI=1S/C34H26O4/c1-23-3-5-26(6-4-23)33(35)27-7-9-28(10-8-27)34(36)29-15-21-32(22-16-29)38-31-19-13-25(14-20-31)24-11-17-30(37-2)18-12-24/h3-22H,1-2H3. The highest BCUT2D eigenvalue weighted by Crippen LogP contribution is 2.27. The Bertz CT molecular complexity index is 1550. The minimum atomic E-state index is -0.116. The Labute approximate surface area is 222 Å². The Morgan fingerprint density at radius 2 is 0.763 bits per heavy atom. The molecule has 0 radical (unpaired) electrons. The molecule has 0 amide bonds. The quantitative estimate of drug-likeness (QED) is 0.204. The fraction of sp³-hybridized carbons (Fsp3) is 0.0588. The molecule has 0 saturated carbocycles. The van der Waals surface area contributed by atoms with Gasteiger partial charge in [-0.25, -0.2) is 0 Å². The normalized spacial score (nSPS) is 10.6. The van der Waals surface area contributed by atoms with Crippen LogP contribution in [0.1, 0.15) is 37.4 Å². The topological polar surface area (TPSA) is 52.6 Å². The van der Waals surface area contributed by atoms with Gasteiger partial charge in [-0.2, -0.15) is 0 Å². The number of carbonyl (C=O) groups is 2. The van der Waals surface area contributed by atoms with Gasteiger partial charge in [0.05, 0.1) is 7.11 Å². The van der Waals surface area contributed by atoms with Gasteiger partial charge in [0, 0.05) is 22.3 Å². The van der Waals surface area contributed by atoms with Crippen molar-refractivity contribution < 1.29 is 19.1 Å². The molecule has 5 rings (SSSR count). The van der Waals surface area contributed by atoms with Crippen molar-refractivity contribution >= 4 is 11.6 Å². The van der Waals surface area contributed by atoms with Gasteiger partial charge in [0.15, 0.2) is 11.6 Å². The van der Waals surface area contributed by atoms with Gasteiger partial charge in [0.2, 0.25) is 0 Å². The predicted octanol–water partition coefficient (Wildman–Crippen LogP) is 7.92. The number of hydrogen-bond acceptors (Lipinski definition) is 4. The number of ether oxygens (including phenoxy) is 2. The fourth-order valence-electron chi connectivity index (χ4n) is 4.12. The zero-order valence-corrected chi connectivity index (χ0v) is 21.2. The first-order chi connectivity index (χ1) is 18.5. The van der Waals surface area contributed by atoms with Crippen molar-refractivity contribution in [2.24, 2.45) is 0 Å². The van der Waals surface area contributed by atoms with Crippen LogP contribution in [0, 0.1) is 6.92 Å². The zero-order chi connectivity index (χ0) is 26.5. The molecule has 0 heterocycles. The molecule has 0 bridgehead atoms. The molecular formula is C34H26O4. The molecule has 186 valence electrons. The molecule has 0 aliphatic carbocycles. The molecule has 4 nitrogen and oxygen atoms in total. The summed E-state index contributed by atoms with van der Waals surface area (Å²) in [6, 6.07) is 37.0. The van der Waals surface area contributed by atoms with Crippen molar-refractivity contribution in [3.8, 4) is 28.4 Å². The average Bonchev–Trinajstić information content (AvgIpc) is 2.98. The first-order valence-corrected chi connectivity index (χ1v) is 12.3. The van der Waals surface area contributed by atoms with E-state index in [0.717, 1.165) is 22.4 Å².